The van der Waals surface area contributed by atoms with E-state index in [1.807, 2.05) is 37.4 Å². The quantitative estimate of drug-likeness (QED) is 0.584. The third-order valence-corrected chi connectivity index (χ3v) is 5.26. The third-order valence-electron chi connectivity index (χ3n) is 5.26. The number of nitrogens with one attached hydrogen (secondary N) is 1. The van der Waals surface area contributed by atoms with Crippen LogP contribution in [0.25, 0.3) is 11.0 Å². The molecular formula is C22H27N5O3. The van der Waals surface area contributed by atoms with E-state index in [4.69, 9.17) is 9.47 Å². The van der Waals surface area contributed by atoms with E-state index < -0.39 is 0 Å². The van der Waals surface area contributed by atoms with Crippen molar-refractivity contribution in [1.29, 1.82) is 0 Å². The molecule has 0 radical (unpaired) electrons. The van der Waals surface area contributed by atoms with Crippen LogP contribution in [0, 0.1) is 5.92 Å². The van der Waals surface area contributed by atoms with Crippen LogP contribution >= 0.6 is 0 Å². The van der Waals surface area contributed by atoms with E-state index in [1.165, 1.54) is 6.92 Å². The average molecular weight is 409 g/mol. The van der Waals surface area contributed by atoms with E-state index in [0.717, 1.165) is 29.6 Å². The van der Waals surface area contributed by atoms with Gasteiger partial charge in [0.25, 0.3) is 0 Å². The third kappa shape index (κ3) is 4.94. The van der Waals surface area contributed by atoms with Crippen LogP contribution in [-0.2, 0) is 16.1 Å². The Hall–Kier alpha value is -3.00. The van der Waals surface area contributed by atoms with E-state index in [1.54, 1.807) is 12.5 Å². The SMILES string of the molecule is CC(=O)N[C@@H](C)COC1CC(COc2ncnc3c2ccn3Cc2ccccn2)C1. The lowest BCUT2D eigenvalue weighted by Gasteiger charge is -2.35. The van der Waals surface area contributed by atoms with Crippen LogP contribution in [-0.4, -0.2) is 50.8 Å². The molecule has 0 unspecified atom stereocenters. The molecule has 30 heavy (non-hydrogen) atoms. The maximum Gasteiger partial charge on any atom is 0.226 e. The van der Waals surface area contributed by atoms with E-state index in [2.05, 4.69) is 24.8 Å². The summed E-state index contributed by atoms with van der Waals surface area (Å²) in [5.74, 6) is 1.03. The molecule has 1 fully saturated rings. The van der Waals surface area contributed by atoms with E-state index in [9.17, 15) is 4.79 Å². The molecule has 1 atom stereocenters. The van der Waals surface area contributed by atoms with Crippen molar-refractivity contribution in [2.24, 2.45) is 5.92 Å². The predicted molar refractivity (Wildman–Crippen MR) is 112 cm³/mol. The van der Waals surface area contributed by atoms with Crippen LogP contribution in [0.4, 0.5) is 0 Å². The first-order chi connectivity index (χ1) is 14.6. The summed E-state index contributed by atoms with van der Waals surface area (Å²) in [6.45, 7) is 5.26. The van der Waals surface area contributed by atoms with E-state index in [0.29, 0.717) is 31.6 Å². The van der Waals surface area contributed by atoms with Gasteiger partial charge in [-0.3, -0.25) is 9.78 Å². The van der Waals surface area contributed by atoms with Gasteiger partial charge >= 0.3 is 0 Å². The van der Waals surface area contributed by atoms with Gasteiger partial charge in [0.2, 0.25) is 11.8 Å². The number of carbonyl (C=O) groups excluding carboxylic acids is 1. The van der Waals surface area contributed by atoms with Crippen molar-refractivity contribution in [2.45, 2.75) is 45.4 Å². The smallest absolute Gasteiger partial charge is 0.226 e. The van der Waals surface area contributed by atoms with Crippen LogP contribution in [0.3, 0.4) is 0 Å². The summed E-state index contributed by atoms with van der Waals surface area (Å²) in [5.41, 5.74) is 1.82. The van der Waals surface area contributed by atoms with Crippen molar-refractivity contribution in [3.8, 4) is 5.88 Å². The highest BCUT2D eigenvalue weighted by molar-refractivity contribution is 5.81. The zero-order valence-corrected chi connectivity index (χ0v) is 17.3. The number of amides is 1. The maximum atomic E-state index is 11.0. The second-order valence-corrected chi connectivity index (χ2v) is 7.89. The summed E-state index contributed by atoms with van der Waals surface area (Å²) in [7, 11) is 0. The van der Waals surface area contributed by atoms with Crippen molar-refractivity contribution in [3.05, 3.63) is 48.7 Å². The molecule has 4 rings (SSSR count). The Kier molecular flexibility index (Phi) is 6.23. The van der Waals surface area contributed by atoms with Gasteiger partial charge in [-0.15, -0.1) is 0 Å². The number of pyridine rings is 1. The minimum absolute atomic E-state index is 0.0298. The van der Waals surface area contributed by atoms with Gasteiger partial charge in [0.1, 0.15) is 12.0 Å². The lowest BCUT2D eigenvalue weighted by molar-refractivity contribution is -0.120. The highest BCUT2D eigenvalue weighted by Crippen LogP contribution is 2.31. The van der Waals surface area contributed by atoms with Crippen molar-refractivity contribution >= 4 is 16.9 Å². The van der Waals surface area contributed by atoms with Crippen molar-refractivity contribution in [3.63, 3.8) is 0 Å². The second kappa shape index (κ2) is 9.21. The molecule has 158 valence electrons. The van der Waals surface area contributed by atoms with Gasteiger partial charge in [0, 0.05) is 25.4 Å². The van der Waals surface area contributed by atoms with Crippen LogP contribution < -0.4 is 10.1 Å². The molecule has 1 N–H and O–H groups in total. The summed E-state index contributed by atoms with van der Waals surface area (Å²) >= 11 is 0. The van der Waals surface area contributed by atoms with Gasteiger partial charge < -0.3 is 19.4 Å². The Morgan fingerprint density at radius 1 is 1.27 bits per heavy atom. The highest BCUT2D eigenvalue weighted by atomic mass is 16.5. The first kappa shape index (κ1) is 20.3. The number of aromatic nitrogens is 4. The Labute approximate surface area is 175 Å². The Morgan fingerprint density at radius 2 is 2.13 bits per heavy atom. The van der Waals surface area contributed by atoms with Gasteiger partial charge in [-0.05, 0) is 43.9 Å². The molecule has 3 aromatic heterocycles. The summed E-state index contributed by atoms with van der Waals surface area (Å²) in [5, 5.41) is 3.74. The average Bonchev–Trinajstić information content (AvgIpc) is 3.10. The van der Waals surface area contributed by atoms with Gasteiger partial charge in [-0.25, -0.2) is 9.97 Å². The number of carbonyl (C=O) groups is 1. The van der Waals surface area contributed by atoms with Crippen molar-refractivity contribution in [1.82, 2.24) is 24.8 Å². The minimum Gasteiger partial charge on any atom is -0.477 e. The van der Waals surface area contributed by atoms with E-state index in [-0.39, 0.29) is 18.1 Å². The number of rotatable bonds is 9. The Bertz CT molecular complexity index is 985. The van der Waals surface area contributed by atoms with Gasteiger partial charge in [0.05, 0.1) is 36.9 Å². The van der Waals surface area contributed by atoms with Crippen molar-refractivity contribution < 1.29 is 14.3 Å². The number of hydrogen-bond acceptors (Lipinski definition) is 6. The molecule has 0 aliphatic heterocycles. The maximum absolute atomic E-state index is 11.0. The lowest BCUT2D eigenvalue weighted by Crippen LogP contribution is -2.40. The monoisotopic (exact) mass is 409 g/mol. The largest absolute Gasteiger partial charge is 0.477 e. The molecule has 1 aliphatic rings. The standard InChI is InChI=1S/C22H27N5O3/c1-15(26-16(2)28)12-29-19-9-17(10-19)13-30-22-20-6-8-27(21(20)24-14-25-22)11-18-5-3-4-7-23-18/h3-8,14-15,17,19H,9-13H2,1-2H3,(H,26,28)/t15-,17?,19?/m0/s1. The molecule has 0 bridgehead atoms. The van der Waals surface area contributed by atoms with Crippen LogP contribution in [0.1, 0.15) is 32.4 Å². The first-order valence-electron chi connectivity index (χ1n) is 10.3. The first-order valence-corrected chi connectivity index (χ1v) is 10.3. The highest BCUT2D eigenvalue weighted by Gasteiger charge is 2.31. The van der Waals surface area contributed by atoms with Crippen LogP contribution in [0.15, 0.2) is 43.0 Å². The molecule has 1 saturated carbocycles. The van der Waals surface area contributed by atoms with Crippen LogP contribution in [0.2, 0.25) is 0 Å². The Morgan fingerprint density at radius 3 is 2.90 bits per heavy atom. The summed E-state index contributed by atoms with van der Waals surface area (Å²) in [6.07, 6.45) is 7.48. The fraction of sp³-hybridized carbons (Fsp3) is 0.455. The molecular weight excluding hydrogens is 382 g/mol. The topological polar surface area (TPSA) is 91.2 Å². The van der Waals surface area contributed by atoms with Gasteiger partial charge in [-0.1, -0.05) is 6.07 Å². The second-order valence-electron chi connectivity index (χ2n) is 7.89. The molecule has 0 aromatic carbocycles. The number of hydrogen-bond donors (Lipinski definition) is 1. The molecule has 3 aromatic rings. The molecule has 1 amide bonds. The lowest BCUT2D eigenvalue weighted by atomic mass is 9.83. The minimum atomic E-state index is -0.0315. The molecule has 8 heteroatoms. The van der Waals surface area contributed by atoms with Gasteiger partial charge in [-0.2, -0.15) is 0 Å². The molecule has 1 aliphatic carbocycles. The van der Waals surface area contributed by atoms with Crippen molar-refractivity contribution in [2.75, 3.05) is 13.2 Å². The molecule has 0 saturated heterocycles. The number of nitrogens with zero attached hydrogens (tertiary/aromatic N) is 4. The zero-order chi connectivity index (χ0) is 20.9. The summed E-state index contributed by atoms with van der Waals surface area (Å²) in [4.78, 5) is 24.2. The number of fused-ring (bicyclic) bond motifs is 1. The van der Waals surface area contributed by atoms with Crippen LogP contribution in [0.5, 0.6) is 5.88 Å². The fourth-order valence-corrected chi connectivity index (χ4v) is 3.70. The normalized spacial score (nSPS) is 19.3. The predicted octanol–water partition coefficient (Wildman–Crippen LogP) is 2.57. The molecule has 0 spiro atoms. The molecule has 8 nitrogen and oxygen atoms in total. The summed E-state index contributed by atoms with van der Waals surface area (Å²) < 4.78 is 13.9. The fourth-order valence-electron chi connectivity index (χ4n) is 3.70. The number of ether oxygens (including phenoxy) is 2. The Balaban J connectivity index is 1.28. The zero-order valence-electron chi connectivity index (χ0n) is 17.3. The molecule has 3 heterocycles. The van der Waals surface area contributed by atoms with E-state index >= 15 is 0 Å². The van der Waals surface area contributed by atoms with Gasteiger partial charge in [0.15, 0.2) is 0 Å². The summed E-state index contributed by atoms with van der Waals surface area (Å²) in [6, 6.07) is 7.90.